The van der Waals surface area contributed by atoms with E-state index >= 15 is 0 Å². The molecule has 3 aromatic rings. The number of anilines is 1. The van der Waals surface area contributed by atoms with Crippen molar-refractivity contribution in [3.8, 4) is 11.4 Å². The Hall–Kier alpha value is -3.68. The molecule has 0 saturated carbocycles. The highest BCUT2D eigenvalue weighted by atomic mass is 16.5. The van der Waals surface area contributed by atoms with E-state index in [9.17, 15) is 9.59 Å². The van der Waals surface area contributed by atoms with Gasteiger partial charge in [-0.25, -0.2) is 4.68 Å². The molecule has 1 N–H and O–H groups in total. The van der Waals surface area contributed by atoms with Crippen LogP contribution >= 0.6 is 0 Å². The van der Waals surface area contributed by atoms with Gasteiger partial charge in [-0.3, -0.25) is 9.59 Å². The van der Waals surface area contributed by atoms with Crippen molar-refractivity contribution in [3.63, 3.8) is 0 Å². The van der Waals surface area contributed by atoms with E-state index in [1.807, 2.05) is 18.2 Å². The quantitative estimate of drug-likeness (QED) is 0.736. The van der Waals surface area contributed by atoms with Gasteiger partial charge in [-0.1, -0.05) is 17.3 Å². The van der Waals surface area contributed by atoms with Gasteiger partial charge in [0.2, 0.25) is 0 Å². The Bertz CT molecular complexity index is 1030. The van der Waals surface area contributed by atoms with Crippen LogP contribution in [0.4, 0.5) is 5.69 Å². The maximum Gasteiger partial charge on any atom is 0.278 e. The van der Waals surface area contributed by atoms with Crippen LogP contribution in [-0.2, 0) is 0 Å². The Kier molecular flexibility index (Phi) is 5.39. The molecule has 0 unspecified atom stereocenters. The highest BCUT2D eigenvalue weighted by molar-refractivity contribution is 6.04. The van der Waals surface area contributed by atoms with Gasteiger partial charge in [0.25, 0.3) is 11.8 Å². The summed E-state index contributed by atoms with van der Waals surface area (Å²) in [6, 6.07) is 14.1. The number of nitrogens with zero attached hydrogens (tertiary/aromatic N) is 4. The van der Waals surface area contributed by atoms with Crippen LogP contribution < -0.4 is 10.1 Å². The van der Waals surface area contributed by atoms with Gasteiger partial charge in [0.15, 0.2) is 5.69 Å². The number of carbonyl (C=O) groups excluding carboxylic acids is 2. The van der Waals surface area contributed by atoms with Crippen LogP contribution in [-0.4, -0.2) is 52.9 Å². The maximum absolute atomic E-state index is 12.7. The predicted molar refractivity (Wildman–Crippen MR) is 105 cm³/mol. The van der Waals surface area contributed by atoms with Gasteiger partial charge >= 0.3 is 0 Å². The minimum Gasteiger partial charge on any atom is -0.497 e. The van der Waals surface area contributed by atoms with Crippen molar-refractivity contribution in [2.45, 2.75) is 6.92 Å². The summed E-state index contributed by atoms with van der Waals surface area (Å²) in [5.41, 5.74) is 2.52. The number of hydrogen-bond acceptors (Lipinski definition) is 5. The zero-order valence-electron chi connectivity index (χ0n) is 16.1. The number of amides is 2. The molecule has 144 valence electrons. The second-order valence-corrected chi connectivity index (χ2v) is 6.37. The van der Waals surface area contributed by atoms with Gasteiger partial charge in [0.1, 0.15) is 5.75 Å². The SMILES string of the molecule is COc1cccc(-n2nnc(C(=O)Nc3cccc(C(=O)N(C)C)c3)c2C)c1. The van der Waals surface area contributed by atoms with Crippen molar-refractivity contribution in [3.05, 3.63) is 65.5 Å². The zero-order valence-corrected chi connectivity index (χ0v) is 16.1. The average Bonchev–Trinajstić information content (AvgIpc) is 3.09. The van der Waals surface area contributed by atoms with Gasteiger partial charge < -0.3 is 15.0 Å². The lowest BCUT2D eigenvalue weighted by Crippen LogP contribution is -2.22. The first-order chi connectivity index (χ1) is 13.4. The molecule has 0 aliphatic rings. The average molecular weight is 379 g/mol. The molecule has 2 amide bonds. The fourth-order valence-electron chi connectivity index (χ4n) is 2.70. The monoisotopic (exact) mass is 379 g/mol. The van der Waals surface area contributed by atoms with Crippen molar-refractivity contribution in [1.82, 2.24) is 19.9 Å². The largest absolute Gasteiger partial charge is 0.497 e. The molecule has 3 rings (SSSR count). The summed E-state index contributed by atoms with van der Waals surface area (Å²) in [6.07, 6.45) is 0. The number of ether oxygens (including phenoxy) is 1. The predicted octanol–water partition coefficient (Wildman–Crippen LogP) is 2.54. The van der Waals surface area contributed by atoms with Crippen LogP contribution in [0.15, 0.2) is 48.5 Å². The van der Waals surface area contributed by atoms with E-state index in [0.29, 0.717) is 22.7 Å². The Morgan fingerprint density at radius 1 is 1.11 bits per heavy atom. The molecule has 8 heteroatoms. The summed E-state index contributed by atoms with van der Waals surface area (Å²) >= 11 is 0. The molecule has 2 aromatic carbocycles. The number of aromatic nitrogens is 3. The Morgan fingerprint density at radius 3 is 2.57 bits per heavy atom. The van der Waals surface area contributed by atoms with Crippen LogP contribution in [0.2, 0.25) is 0 Å². The first-order valence-corrected chi connectivity index (χ1v) is 8.60. The fourth-order valence-corrected chi connectivity index (χ4v) is 2.70. The van der Waals surface area contributed by atoms with Crippen LogP contribution in [0, 0.1) is 6.92 Å². The molecule has 1 aromatic heterocycles. The van der Waals surface area contributed by atoms with Gasteiger partial charge in [-0.05, 0) is 37.3 Å². The topological polar surface area (TPSA) is 89.3 Å². The lowest BCUT2D eigenvalue weighted by Gasteiger charge is -2.11. The smallest absolute Gasteiger partial charge is 0.278 e. The molecule has 0 atom stereocenters. The molecule has 0 saturated heterocycles. The maximum atomic E-state index is 12.7. The van der Waals surface area contributed by atoms with E-state index in [0.717, 1.165) is 5.69 Å². The molecule has 0 aliphatic heterocycles. The third-order valence-electron chi connectivity index (χ3n) is 4.18. The molecule has 8 nitrogen and oxygen atoms in total. The summed E-state index contributed by atoms with van der Waals surface area (Å²) in [7, 11) is 4.93. The van der Waals surface area contributed by atoms with Gasteiger partial charge in [0.05, 0.1) is 18.5 Å². The number of rotatable bonds is 5. The highest BCUT2D eigenvalue weighted by Gasteiger charge is 2.18. The second kappa shape index (κ2) is 7.91. The van der Waals surface area contributed by atoms with Crippen LogP contribution in [0.5, 0.6) is 5.75 Å². The Labute approximate surface area is 162 Å². The lowest BCUT2D eigenvalue weighted by atomic mass is 10.1. The number of hydrogen-bond donors (Lipinski definition) is 1. The molecule has 28 heavy (non-hydrogen) atoms. The summed E-state index contributed by atoms with van der Waals surface area (Å²) in [5, 5.41) is 10.9. The Balaban J connectivity index is 1.83. The summed E-state index contributed by atoms with van der Waals surface area (Å²) < 4.78 is 6.80. The van der Waals surface area contributed by atoms with Crippen molar-refractivity contribution >= 4 is 17.5 Å². The lowest BCUT2D eigenvalue weighted by molar-refractivity contribution is 0.0827. The van der Waals surface area contributed by atoms with Crippen molar-refractivity contribution in [2.24, 2.45) is 0 Å². The molecule has 0 fully saturated rings. The summed E-state index contributed by atoms with van der Waals surface area (Å²) in [4.78, 5) is 26.2. The van der Waals surface area contributed by atoms with Crippen molar-refractivity contribution < 1.29 is 14.3 Å². The highest BCUT2D eigenvalue weighted by Crippen LogP contribution is 2.19. The van der Waals surface area contributed by atoms with E-state index in [-0.39, 0.29) is 11.6 Å². The van der Waals surface area contributed by atoms with Crippen LogP contribution in [0.1, 0.15) is 26.5 Å². The van der Waals surface area contributed by atoms with E-state index in [4.69, 9.17) is 4.74 Å². The Morgan fingerprint density at radius 2 is 1.86 bits per heavy atom. The third-order valence-corrected chi connectivity index (χ3v) is 4.18. The molecule has 0 spiro atoms. The van der Waals surface area contributed by atoms with Crippen molar-refractivity contribution in [2.75, 3.05) is 26.5 Å². The van der Waals surface area contributed by atoms with Gasteiger partial charge in [-0.15, -0.1) is 5.10 Å². The molecular formula is C20H21N5O3. The van der Waals surface area contributed by atoms with Crippen molar-refractivity contribution in [1.29, 1.82) is 0 Å². The normalized spacial score (nSPS) is 10.4. The number of benzene rings is 2. The van der Waals surface area contributed by atoms with E-state index in [2.05, 4.69) is 15.6 Å². The van der Waals surface area contributed by atoms with Gasteiger partial charge in [-0.2, -0.15) is 0 Å². The van der Waals surface area contributed by atoms with E-state index < -0.39 is 5.91 Å². The second-order valence-electron chi connectivity index (χ2n) is 6.37. The third kappa shape index (κ3) is 3.85. The van der Waals surface area contributed by atoms with Crippen LogP contribution in [0.3, 0.4) is 0 Å². The summed E-state index contributed by atoms with van der Waals surface area (Å²) in [6.45, 7) is 1.76. The standard InChI is InChI=1S/C20H21N5O3/c1-13-18(22-23-25(13)16-9-6-10-17(12-16)28-4)19(26)21-15-8-5-7-14(11-15)20(27)24(2)3/h5-12H,1-4H3,(H,21,26). The first-order valence-electron chi connectivity index (χ1n) is 8.60. The van der Waals surface area contributed by atoms with Gasteiger partial charge in [0, 0.05) is 31.4 Å². The first kappa shape index (κ1) is 19.1. The molecule has 0 bridgehead atoms. The molecular weight excluding hydrogens is 358 g/mol. The van der Waals surface area contributed by atoms with Crippen LogP contribution in [0.25, 0.3) is 5.69 Å². The van der Waals surface area contributed by atoms with E-state index in [1.54, 1.807) is 63.1 Å². The molecule has 0 aliphatic carbocycles. The minimum absolute atomic E-state index is 0.142. The number of carbonyl (C=O) groups is 2. The molecule has 1 heterocycles. The van der Waals surface area contributed by atoms with E-state index in [1.165, 1.54) is 4.90 Å². The minimum atomic E-state index is -0.402. The fraction of sp³-hybridized carbons (Fsp3) is 0.200. The zero-order chi connectivity index (χ0) is 20.3. The summed E-state index contributed by atoms with van der Waals surface area (Å²) in [5.74, 6) is 0.137. The number of methoxy groups -OCH3 is 1. The molecule has 0 radical (unpaired) electrons. The number of nitrogens with one attached hydrogen (secondary N) is 1.